The third kappa shape index (κ3) is 4.82. The number of methoxy groups -OCH3 is 1. The van der Waals surface area contributed by atoms with Crippen LogP contribution in [0.1, 0.15) is 35.9 Å². The Kier molecular flexibility index (Phi) is 6.29. The summed E-state index contributed by atoms with van der Waals surface area (Å²) in [4.78, 5) is 25.0. The molecule has 1 amide bonds. The van der Waals surface area contributed by atoms with E-state index in [-0.39, 0.29) is 17.5 Å². The van der Waals surface area contributed by atoms with E-state index in [1.807, 2.05) is 67.6 Å². The lowest BCUT2D eigenvalue weighted by Gasteiger charge is -2.18. The minimum atomic E-state index is -0.986. The van der Waals surface area contributed by atoms with Gasteiger partial charge >= 0.3 is 5.97 Å². The summed E-state index contributed by atoms with van der Waals surface area (Å²) < 4.78 is 12.1. The Morgan fingerprint density at radius 1 is 1.00 bits per heavy atom. The van der Waals surface area contributed by atoms with E-state index in [0.717, 1.165) is 11.3 Å². The number of hydrogen-bond acceptors (Lipinski definition) is 5. The van der Waals surface area contributed by atoms with Gasteiger partial charge in [0.2, 0.25) is 5.69 Å². The maximum atomic E-state index is 12.6. The summed E-state index contributed by atoms with van der Waals surface area (Å²) in [5.74, 6) is -0.855. The molecule has 1 N–H and O–H groups in total. The molecule has 1 heterocycles. The first-order chi connectivity index (χ1) is 14.0. The van der Waals surface area contributed by atoms with Crippen molar-refractivity contribution in [3.05, 3.63) is 78.1 Å². The number of carbonyl (C=O) groups excluding carboxylic acids is 2. The van der Waals surface area contributed by atoms with Crippen molar-refractivity contribution in [3.8, 4) is 11.4 Å². The molecule has 150 valence electrons. The van der Waals surface area contributed by atoms with Crippen LogP contribution >= 0.6 is 0 Å². The number of amides is 1. The van der Waals surface area contributed by atoms with E-state index in [1.165, 1.54) is 18.7 Å². The first kappa shape index (κ1) is 20.1. The van der Waals surface area contributed by atoms with Crippen molar-refractivity contribution < 1.29 is 19.1 Å². The van der Waals surface area contributed by atoms with Crippen molar-refractivity contribution in [2.24, 2.45) is 0 Å². The topological polar surface area (TPSA) is 82.5 Å². The van der Waals surface area contributed by atoms with Gasteiger partial charge in [-0.05, 0) is 31.5 Å². The molecule has 0 bridgehead atoms. The van der Waals surface area contributed by atoms with Crippen LogP contribution in [0.25, 0.3) is 5.69 Å². The zero-order valence-electron chi connectivity index (χ0n) is 16.5. The zero-order valence-corrected chi connectivity index (χ0v) is 16.5. The van der Waals surface area contributed by atoms with Crippen molar-refractivity contribution >= 4 is 11.9 Å². The van der Waals surface area contributed by atoms with Crippen LogP contribution in [0.5, 0.6) is 5.75 Å². The van der Waals surface area contributed by atoms with Crippen molar-refractivity contribution in [3.63, 3.8) is 0 Å². The van der Waals surface area contributed by atoms with Crippen LogP contribution in [-0.2, 0) is 9.53 Å². The van der Waals surface area contributed by atoms with Crippen LogP contribution < -0.4 is 10.1 Å². The first-order valence-electron chi connectivity index (χ1n) is 9.25. The second-order valence-corrected chi connectivity index (χ2v) is 6.51. The molecule has 7 nitrogen and oxygen atoms in total. The number of para-hydroxylation sites is 1. The van der Waals surface area contributed by atoms with Gasteiger partial charge in [0.25, 0.3) is 5.91 Å². The smallest absolute Gasteiger partial charge is 0.363 e. The van der Waals surface area contributed by atoms with Crippen LogP contribution in [0.3, 0.4) is 0 Å². The summed E-state index contributed by atoms with van der Waals surface area (Å²) in [6, 6.07) is 18.6. The molecule has 0 saturated carbocycles. The minimum Gasteiger partial charge on any atom is -0.493 e. The van der Waals surface area contributed by atoms with E-state index >= 15 is 0 Å². The normalized spacial score (nSPS) is 12.7. The molecular weight excluding hydrogens is 370 g/mol. The molecule has 0 saturated heterocycles. The summed E-state index contributed by atoms with van der Waals surface area (Å²) >= 11 is 0. The molecule has 0 unspecified atom stereocenters. The fourth-order valence-corrected chi connectivity index (χ4v) is 2.79. The van der Waals surface area contributed by atoms with E-state index in [2.05, 4.69) is 10.4 Å². The van der Waals surface area contributed by atoms with Crippen molar-refractivity contribution in [1.29, 1.82) is 0 Å². The summed E-state index contributed by atoms with van der Waals surface area (Å²) in [6.45, 7) is 3.39. The number of nitrogens with zero attached hydrogens (tertiary/aromatic N) is 2. The maximum absolute atomic E-state index is 12.6. The number of esters is 1. The van der Waals surface area contributed by atoms with E-state index in [4.69, 9.17) is 9.47 Å². The average Bonchev–Trinajstić information content (AvgIpc) is 3.19. The highest BCUT2D eigenvalue weighted by molar-refractivity contribution is 5.93. The molecule has 0 fully saturated rings. The van der Waals surface area contributed by atoms with E-state index in [1.54, 1.807) is 6.20 Å². The SMILES string of the molecule is COc1cn(-c2ccccc2)nc1C(=O)O[C@@H](C)C(=O)N[C@@H](C)c1ccccc1. The van der Waals surface area contributed by atoms with Crippen LogP contribution in [0.15, 0.2) is 66.9 Å². The van der Waals surface area contributed by atoms with Crippen LogP contribution in [0.2, 0.25) is 0 Å². The molecule has 7 heteroatoms. The number of aromatic nitrogens is 2. The highest BCUT2D eigenvalue weighted by Gasteiger charge is 2.25. The summed E-state index contributed by atoms with van der Waals surface area (Å²) in [7, 11) is 1.45. The molecule has 0 radical (unpaired) electrons. The van der Waals surface area contributed by atoms with Gasteiger partial charge in [-0.3, -0.25) is 4.79 Å². The maximum Gasteiger partial charge on any atom is 0.363 e. The van der Waals surface area contributed by atoms with E-state index in [9.17, 15) is 9.59 Å². The minimum absolute atomic E-state index is 0.00658. The fraction of sp³-hybridized carbons (Fsp3) is 0.227. The monoisotopic (exact) mass is 393 g/mol. The van der Waals surface area contributed by atoms with Crippen LogP contribution in [0.4, 0.5) is 0 Å². The lowest BCUT2D eigenvalue weighted by atomic mass is 10.1. The fourth-order valence-electron chi connectivity index (χ4n) is 2.79. The standard InChI is InChI=1S/C22H23N3O4/c1-15(17-10-6-4-7-11-17)23-21(26)16(2)29-22(27)20-19(28-3)14-25(24-20)18-12-8-5-9-13-18/h4-16H,1-3H3,(H,23,26)/t15-,16-/m0/s1. The van der Waals surface area contributed by atoms with Crippen LogP contribution in [-0.4, -0.2) is 34.9 Å². The summed E-state index contributed by atoms with van der Waals surface area (Å²) in [6.07, 6.45) is 0.606. The molecule has 3 rings (SSSR count). The van der Waals surface area contributed by atoms with Gasteiger partial charge in [-0.15, -0.1) is 0 Å². The molecule has 0 aliphatic rings. The molecule has 3 aromatic rings. The Morgan fingerprint density at radius 2 is 1.62 bits per heavy atom. The Labute approximate surface area is 169 Å². The molecule has 0 spiro atoms. The molecule has 29 heavy (non-hydrogen) atoms. The number of carbonyl (C=O) groups is 2. The van der Waals surface area contributed by atoms with Crippen molar-refractivity contribution in [2.45, 2.75) is 26.0 Å². The second kappa shape index (κ2) is 9.05. The number of nitrogens with one attached hydrogen (secondary N) is 1. The molecule has 0 aliphatic carbocycles. The van der Waals surface area contributed by atoms with Crippen molar-refractivity contribution in [2.75, 3.05) is 7.11 Å². The Balaban J connectivity index is 1.67. The predicted molar refractivity (Wildman–Crippen MR) is 108 cm³/mol. The highest BCUT2D eigenvalue weighted by atomic mass is 16.6. The Hall–Kier alpha value is -3.61. The summed E-state index contributed by atoms with van der Waals surface area (Å²) in [5, 5.41) is 7.10. The molecule has 2 atom stereocenters. The van der Waals surface area contributed by atoms with Crippen LogP contribution in [0, 0.1) is 0 Å². The molecule has 0 aliphatic heterocycles. The second-order valence-electron chi connectivity index (χ2n) is 6.51. The highest BCUT2D eigenvalue weighted by Crippen LogP contribution is 2.21. The van der Waals surface area contributed by atoms with Gasteiger partial charge in [-0.1, -0.05) is 48.5 Å². The number of hydrogen-bond donors (Lipinski definition) is 1. The zero-order chi connectivity index (χ0) is 20.8. The van der Waals surface area contributed by atoms with Gasteiger partial charge in [-0.25, -0.2) is 9.48 Å². The Morgan fingerprint density at radius 3 is 2.24 bits per heavy atom. The molecular formula is C22H23N3O4. The van der Waals surface area contributed by atoms with Crippen molar-refractivity contribution in [1.82, 2.24) is 15.1 Å². The predicted octanol–water partition coefficient (Wildman–Crippen LogP) is 3.30. The van der Waals surface area contributed by atoms with E-state index < -0.39 is 18.0 Å². The van der Waals surface area contributed by atoms with Gasteiger partial charge in [-0.2, -0.15) is 5.10 Å². The number of ether oxygens (including phenoxy) is 2. The number of rotatable bonds is 7. The average molecular weight is 393 g/mol. The summed E-state index contributed by atoms with van der Waals surface area (Å²) in [5.41, 5.74) is 1.74. The third-order valence-electron chi connectivity index (χ3n) is 4.43. The lowest BCUT2D eigenvalue weighted by Crippen LogP contribution is -2.37. The largest absolute Gasteiger partial charge is 0.493 e. The van der Waals surface area contributed by atoms with Gasteiger partial charge in [0.15, 0.2) is 11.9 Å². The van der Waals surface area contributed by atoms with Gasteiger partial charge < -0.3 is 14.8 Å². The number of benzene rings is 2. The third-order valence-corrected chi connectivity index (χ3v) is 4.43. The quantitative estimate of drug-likeness (QED) is 0.623. The molecule has 2 aromatic carbocycles. The lowest BCUT2D eigenvalue weighted by molar-refractivity contribution is -0.129. The van der Waals surface area contributed by atoms with Gasteiger partial charge in [0.1, 0.15) is 0 Å². The van der Waals surface area contributed by atoms with Gasteiger partial charge in [0.05, 0.1) is 25.0 Å². The molecule has 1 aromatic heterocycles. The first-order valence-corrected chi connectivity index (χ1v) is 9.25. The van der Waals surface area contributed by atoms with Gasteiger partial charge in [0, 0.05) is 0 Å². The van der Waals surface area contributed by atoms with E-state index in [0.29, 0.717) is 0 Å². The Bertz CT molecular complexity index is 970.